The summed E-state index contributed by atoms with van der Waals surface area (Å²) in [6.45, 7) is 2.81. The number of amides is 1. The van der Waals surface area contributed by atoms with E-state index in [4.69, 9.17) is 5.73 Å². The summed E-state index contributed by atoms with van der Waals surface area (Å²) in [6, 6.07) is 4.90. The molecule has 1 heterocycles. The fourth-order valence-corrected chi connectivity index (χ4v) is 2.00. The molecular formula is C12H15FN2O. The van der Waals surface area contributed by atoms with E-state index in [0.717, 1.165) is 5.56 Å². The van der Waals surface area contributed by atoms with Gasteiger partial charge in [-0.1, -0.05) is 6.07 Å². The molecule has 1 amide bonds. The van der Waals surface area contributed by atoms with Crippen molar-refractivity contribution in [3.05, 3.63) is 29.6 Å². The van der Waals surface area contributed by atoms with Gasteiger partial charge < -0.3 is 10.6 Å². The van der Waals surface area contributed by atoms with E-state index in [1.165, 1.54) is 11.0 Å². The zero-order valence-electron chi connectivity index (χ0n) is 9.24. The third-order valence-electron chi connectivity index (χ3n) is 2.93. The molecule has 3 nitrogen and oxygen atoms in total. The summed E-state index contributed by atoms with van der Waals surface area (Å²) in [5.41, 5.74) is 6.74. The molecule has 1 saturated heterocycles. The third kappa shape index (κ3) is 1.93. The van der Waals surface area contributed by atoms with Gasteiger partial charge in [0.2, 0.25) is 5.91 Å². The molecule has 1 aliphatic heterocycles. The second kappa shape index (κ2) is 4.22. The minimum Gasteiger partial charge on any atom is -0.330 e. The topological polar surface area (TPSA) is 46.3 Å². The van der Waals surface area contributed by atoms with Gasteiger partial charge in [0.1, 0.15) is 5.82 Å². The maximum Gasteiger partial charge on any atom is 0.227 e. The lowest BCUT2D eigenvalue weighted by Gasteiger charge is -2.17. The zero-order chi connectivity index (χ0) is 11.7. The molecule has 2 rings (SSSR count). The maximum atomic E-state index is 13.7. The first-order valence-electron chi connectivity index (χ1n) is 5.38. The predicted octanol–water partition coefficient (Wildman–Crippen LogP) is 1.45. The first-order valence-corrected chi connectivity index (χ1v) is 5.38. The molecule has 1 atom stereocenters. The summed E-state index contributed by atoms with van der Waals surface area (Å²) in [6.07, 6.45) is 0.420. The number of nitrogens with zero attached hydrogens (tertiary/aromatic N) is 1. The lowest BCUT2D eigenvalue weighted by molar-refractivity contribution is -0.117. The van der Waals surface area contributed by atoms with Gasteiger partial charge in [0.05, 0.1) is 5.69 Å². The van der Waals surface area contributed by atoms with Crippen molar-refractivity contribution in [3.63, 3.8) is 0 Å². The number of anilines is 1. The lowest BCUT2D eigenvalue weighted by Crippen LogP contribution is -2.26. The number of halogens is 1. The van der Waals surface area contributed by atoms with Crippen LogP contribution in [0.25, 0.3) is 0 Å². The lowest BCUT2D eigenvalue weighted by atomic mass is 10.1. The quantitative estimate of drug-likeness (QED) is 0.823. The van der Waals surface area contributed by atoms with E-state index < -0.39 is 0 Å². The number of hydrogen-bond donors (Lipinski definition) is 1. The van der Waals surface area contributed by atoms with Crippen LogP contribution in [-0.4, -0.2) is 19.0 Å². The first kappa shape index (κ1) is 11.1. The Labute approximate surface area is 94.0 Å². The normalized spacial score (nSPS) is 20.6. The highest BCUT2D eigenvalue weighted by Gasteiger charge is 2.30. The molecule has 1 unspecified atom stereocenters. The van der Waals surface area contributed by atoms with Crippen molar-refractivity contribution in [3.8, 4) is 0 Å². The highest BCUT2D eigenvalue weighted by Crippen LogP contribution is 2.27. The van der Waals surface area contributed by atoms with Gasteiger partial charge in [-0.15, -0.1) is 0 Å². The van der Waals surface area contributed by atoms with E-state index in [9.17, 15) is 9.18 Å². The van der Waals surface area contributed by atoms with Crippen molar-refractivity contribution < 1.29 is 9.18 Å². The Hall–Kier alpha value is -1.42. The minimum absolute atomic E-state index is 0.0433. The van der Waals surface area contributed by atoms with Crippen molar-refractivity contribution >= 4 is 11.6 Å². The molecular weight excluding hydrogens is 207 g/mol. The molecule has 16 heavy (non-hydrogen) atoms. The van der Waals surface area contributed by atoms with Crippen LogP contribution in [0, 0.1) is 18.7 Å². The molecule has 0 saturated carbocycles. The Bertz CT molecular complexity index is 419. The number of hydrogen-bond acceptors (Lipinski definition) is 2. The van der Waals surface area contributed by atoms with E-state index in [1.807, 2.05) is 13.0 Å². The number of rotatable bonds is 2. The molecule has 0 aliphatic carbocycles. The van der Waals surface area contributed by atoms with Crippen LogP contribution in [0.15, 0.2) is 18.2 Å². The fourth-order valence-electron chi connectivity index (χ4n) is 2.00. The van der Waals surface area contributed by atoms with Crippen molar-refractivity contribution in [1.29, 1.82) is 0 Å². The molecule has 1 aliphatic rings. The Morgan fingerprint density at radius 1 is 1.56 bits per heavy atom. The first-order chi connectivity index (χ1) is 7.61. The van der Waals surface area contributed by atoms with Crippen molar-refractivity contribution in [2.75, 3.05) is 18.0 Å². The van der Waals surface area contributed by atoms with E-state index in [0.29, 0.717) is 25.2 Å². The van der Waals surface area contributed by atoms with Crippen LogP contribution in [0.2, 0.25) is 0 Å². The molecule has 1 fully saturated rings. The smallest absolute Gasteiger partial charge is 0.227 e. The van der Waals surface area contributed by atoms with Crippen LogP contribution in [0.5, 0.6) is 0 Å². The van der Waals surface area contributed by atoms with Gasteiger partial charge in [-0.05, 0) is 37.1 Å². The highest BCUT2D eigenvalue weighted by molar-refractivity contribution is 5.95. The van der Waals surface area contributed by atoms with Gasteiger partial charge in [-0.25, -0.2) is 4.39 Å². The Morgan fingerprint density at radius 3 is 2.88 bits per heavy atom. The summed E-state index contributed by atoms with van der Waals surface area (Å²) >= 11 is 0. The largest absolute Gasteiger partial charge is 0.330 e. The average Bonchev–Trinajstić information content (AvgIpc) is 2.60. The summed E-state index contributed by atoms with van der Waals surface area (Å²) in [4.78, 5) is 13.2. The number of nitrogens with two attached hydrogens (primary N) is 1. The molecule has 0 aromatic heterocycles. The standard InChI is InChI=1S/C12H15FN2O/c1-8-2-3-11(10(13)4-8)15-7-9(6-14)5-12(15)16/h2-4,9H,5-7,14H2,1H3. The van der Waals surface area contributed by atoms with Crippen LogP contribution in [0.1, 0.15) is 12.0 Å². The molecule has 2 N–H and O–H groups in total. The van der Waals surface area contributed by atoms with Crippen LogP contribution in [-0.2, 0) is 4.79 Å². The molecule has 1 aromatic rings. The number of carbonyl (C=O) groups excluding carboxylic acids is 1. The van der Waals surface area contributed by atoms with Gasteiger partial charge in [0.15, 0.2) is 0 Å². The molecule has 0 spiro atoms. The van der Waals surface area contributed by atoms with Gasteiger partial charge in [-0.2, -0.15) is 0 Å². The number of carbonyl (C=O) groups is 1. The van der Waals surface area contributed by atoms with Crippen molar-refractivity contribution in [2.24, 2.45) is 11.7 Å². The summed E-state index contributed by atoms with van der Waals surface area (Å²) < 4.78 is 13.7. The van der Waals surface area contributed by atoms with Crippen LogP contribution in [0.4, 0.5) is 10.1 Å². The van der Waals surface area contributed by atoms with Crippen LogP contribution >= 0.6 is 0 Å². The van der Waals surface area contributed by atoms with Gasteiger partial charge >= 0.3 is 0 Å². The minimum atomic E-state index is -0.342. The highest BCUT2D eigenvalue weighted by atomic mass is 19.1. The second-order valence-corrected chi connectivity index (χ2v) is 4.27. The van der Waals surface area contributed by atoms with Gasteiger partial charge in [-0.3, -0.25) is 4.79 Å². The zero-order valence-corrected chi connectivity index (χ0v) is 9.24. The maximum absolute atomic E-state index is 13.7. The van der Waals surface area contributed by atoms with E-state index in [2.05, 4.69) is 0 Å². The van der Waals surface area contributed by atoms with Gasteiger partial charge in [0.25, 0.3) is 0 Å². The summed E-state index contributed by atoms with van der Waals surface area (Å²) in [7, 11) is 0. The summed E-state index contributed by atoms with van der Waals surface area (Å²) in [5.74, 6) is -0.238. The number of aryl methyl sites for hydroxylation is 1. The van der Waals surface area contributed by atoms with Crippen LogP contribution < -0.4 is 10.6 Å². The Kier molecular flexibility index (Phi) is 2.92. The average molecular weight is 222 g/mol. The number of benzene rings is 1. The van der Waals surface area contributed by atoms with Crippen molar-refractivity contribution in [1.82, 2.24) is 0 Å². The van der Waals surface area contributed by atoms with E-state index in [-0.39, 0.29) is 17.6 Å². The van der Waals surface area contributed by atoms with E-state index in [1.54, 1.807) is 6.07 Å². The molecule has 86 valence electrons. The molecule has 4 heteroatoms. The molecule has 1 aromatic carbocycles. The SMILES string of the molecule is Cc1ccc(N2CC(CN)CC2=O)c(F)c1. The summed E-state index contributed by atoms with van der Waals surface area (Å²) in [5, 5.41) is 0. The molecule has 0 bridgehead atoms. The van der Waals surface area contributed by atoms with Crippen molar-refractivity contribution in [2.45, 2.75) is 13.3 Å². The third-order valence-corrected chi connectivity index (χ3v) is 2.93. The molecule has 0 radical (unpaired) electrons. The monoisotopic (exact) mass is 222 g/mol. The van der Waals surface area contributed by atoms with Gasteiger partial charge in [0, 0.05) is 13.0 Å². The fraction of sp³-hybridized carbons (Fsp3) is 0.417. The van der Waals surface area contributed by atoms with Crippen LogP contribution in [0.3, 0.4) is 0 Å². The second-order valence-electron chi connectivity index (χ2n) is 4.27. The Balaban J connectivity index is 2.28. The predicted molar refractivity (Wildman–Crippen MR) is 60.7 cm³/mol. The Morgan fingerprint density at radius 2 is 2.31 bits per heavy atom. The van der Waals surface area contributed by atoms with E-state index >= 15 is 0 Å².